The molecule has 5 rings (SSSR count). The van der Waals surface area contributed by atoms with E-state index in [1.165, 1.54) is 44.8 Å². The number of aromatic nitrogens is 2. The fraction of sp³-hybridized carbons (Fsp3) is 0.208. The number of carbonyl (C=O) groups is 1. The van der Waals surface area contributed by atoms with Crippen molar-refractivity contribution in [2.75, 3.05) is 31.2 Å². The minimum atomic E-state index is -3.65. The van der Waals surface area contributed by atoms with Gasteiger partial charge in [0.25, 0.3) is 5.91 Å². The van der Waals surface area contributed by atoms with Crippen LogP contribution >= 0.6 is 22.9 Å². The van der Waals surface area contributed by atoms with E-state index in [-0.39, 0.29) is 17.3 Å². The molecule has 0 radical (unpaired) electrons. The van der Waals surface area contributed by atoms with Crippen LogP contribution < -0.4 is 4.90 Å². The third kappa shape index (κ3) is 4.93. The predicted octanol–water partition coefficient (Wildman–Crippen LogP) is 4.21. The zero-order chi connectivity index (χ0) is 24.4. The molecule has 1 aliphatic rings. The van der Waals surface area contributed by atoms with E-state index < -0.39 is 10.0 Å². The monoisotopic (exact) mass is 528 g/mol. The van der Waals surface area contributed by atoms with Gasteiger partial charge in [-0.05, 0) is 48.5 Å². The Hall–Kier alpha value is -2.89. The molecule has 0 unspecified atom stereocenters. The lowest BCUT2D eigenvalue weighted by atomic mass is 10.2. The molecule has 0 N–H and O–H groups in total. The van der Waals surface area contributed by atoms with Crippen LogP contribution in [0, 0.1) is 0 Å². The van der Waals surface area contributed by atoms with E-state index in [4.69, 9.17) is 16.3 Å². The second kappa shape index (κ2) is 10.00. The highest BCUT2D eigenvalue weighted by molar-refractivity contribution is 7.89. The Morgan fingerprint density at radius 2 is 1.83 bits per heavy atom. The van der Waals surface area contributed by atoms with Gasteiger partial charge in [-0.2, -0.15) is 4.31 Å². The maximum absolute atomic E-state index is 13.6. The molecule has 2 aromatic heterocycles. The smallest absolute Gasteiger partial charge is 0.260 e. The van der Waals surface area contributed by atoms with Crippen molar-refractivity contribution in [2.45, 2.75) is 11.4 Å². The molecule has 0 bridgehead atoms. The zero-order valence-electron chi connectivity index (χ0n) is 18.5. The third-order valence-electron chi connectivity index (χ3n) is 5.59. The number of hydrogen-bond acceptors (Lipinski definition) is 7. The first kappa shape index (κ1) is 23.8. The average Bonchev–Trinajstić information content (AvgIpc) is 3.34. The van der Waals surface area contributed by atoms with Crippen LogP contribution in [0.3, 0.4) is 0 Å². The lowest BCUT2D eigenvalue weighted by Gasteiger charge is -2.26. The van der Waals surface area contributed by atoms with Crippen LogP contribution in [0.5, 0.6) is 0 Å². The molecule has 35 heavy (non-hydrogen) atoms. The van der Waals surface area contributed by atoms with Crippen LogP contribution in [0.1, 0.15) is 16.1 Å². The Kier molecular flexibility index (Phi) is 6.81. The van der Waals surface area contributed by atoms with Crippen LogP contribution in [0.15, 0.2) is 71.8 Å². The van der Waals surface area contributed by atoms with Crippen LogP contribution in [-0.2, 0) is 21.3 Å². The molecule has 2 aromatic carbocycles. The number of sulfonamides is 1. The maximum Gasteiger partial charge on any atom is 0.260 e. The fourth-order valence-corrected chi connectivity index (χ4v) is 6.43. The second-order valence-corrected chi connectivity index (χ2v) is 11.2. The number of anilines is 1. The van der Waals surface area contributed by atoms with Crippen LogP contribution in [0.4, 0.5) is 5.13 Å². The van der Waals surface area contributed by atoms with Crippen molar-refractivity contribution in [1.29, 1.82) is 0 Å². The summed E-state index contributed by atoms with van der Waals surface area (Å²) in [6.45, 7) is 1.54. The van der Waals surface area contributed by atoms with E-state index in [2.05, 4.69) is 9.97 Å². The highest BCUT2D eigenvalue weighted by Gasteiger charge is 2.27. The molecule has 0 spiro atoms. The van der Waals surface area contributed by atoms with Gasteiger partial charge in [-0.25, -0.2) is 13.4 Å². The number of ether oxygens (including phenoxy) is 1. The summed E-state index contributed by atoms with van der Waals surface area (Å²) in [6.07, 6.45) is 1.67. The number of amides is 1. The summed E-state index contributed by atoms with van der Waals surface area (Å²) in [4.78, 5) is 24.3. The first-order valence-corrected chi connectivity index (χ1v) is 13.5. The van der Waals surface area contributed by atoms with Gasteiger partial charge in [0.1, 0.15) is 5.52 Å². The number of rotatable bonds is 6. The Labute approximate surface area is 211 Å². The fourth-order valence-electron chi connectivity index (χ4n) is 3.76. The van der Waals surface area contributed by atoms with Gasteiger partial charge in [0, 0.05) is 24.8 Å². The number of carbonyl (C=O) groups excluding carboxylic acids is 1. The number of halogens is 1. The molecule has 0 aliphatic carbocycles. The van der Waals surface area contributed by atoms with Gasteiger partial charge in [-0.3, -0.25) is 14.7 Å². The summed E-state index contributed by atoms with van der Waals surface area (Å²) in [5.74, 6) is -0.318. The summed E-state index contributed by atoms with van der Waals surface area (Å²) >= 11 is 7.67. The first-order chi connectivity index (χ1) is 16.9. The number of morpholine rings is 1. The Balaban J connectivity index is 1.47. The highest BCUT2D eigenvalue weighted by atomic mass is 35.5. The van der Waals surface area contributed by atoms with Crippen molar-refractivity contribution in [3.05, 3.63) is 83.1 Å². The van der Waals surface area contributed by atoms with Gasteiger partial charge in [-0.1, -0.05) is 35.1 Å². The van der Waals surface area contributed by atoms with E-state index >= 15 is 0 Å². The van der Waals surface area contributed by atoms with Crippen LogP contribution in [0.2, 0.25) is 5.02 Å². The molecule has 0 atom stereocenters. The van der Waals surface area contributed by atoms with Gasteiger partial charge in [-0.15, -0.1) is 0 Å². The molecule has 4 aromatic rings. The lowest BCUT2D eigenvalue weighted by Crippen LogP contribution is -2.40. The van der Waals surface area contributed by atoms with Crippen molar-refractivity contribution in [2.24, 2.45) is 0 Å². The lowest BCUT2D eigenvalue weighted by molar-refractivity contribution is 0.0730. The summed E-state index contributed by atoms with van der Waals surface area (Å²) in [5, 5.41) is 0.988. The Bertz CT molecular complexity index is 1450. The molecule has 1 aliphatic heterocycles. The van der Waals surface area contributed by atoms with E-state index in [0.29, 0.717) is 53.2 Å². The van der Waals surface area contributed by atoms with Crippen molar-refractivity contribution < 1.29 is 17.9 Å². The summed E-state index contributed by atoms with van der Waals surface area (Å²) in [7, 11) is -3.65. The Morgan fingerprint density at radius 1 is 1.06 bits per heavy atom. The zero-order valence-corrected chi connectivity index (χ0v) is 20.9. The van der Waals surface area contributed by atoms with Gasteiger partial charge < -0.3 is 4.74 Å². The maximum atomic E-state index is 13.6. The predicted molar refractivity (Wildman–Crippen MR) is 135 cm³/mol. The molecule has 1 fully saturated rings. The SMILES string of the molecule is O=C(c1ccc(S(=O)(=O)N2CCOCC2)cc1)N(Cc1ccccn1)c1nc2c(Cl)cccc2s1. The molecule has 3 heterocycles. The number of para-hydroxylation sites is 1. The molecule has 11 heteroatoms. The number of nitrogens with zero attached hydrogens (tertiary/aromatic N) is 4. The minimum Gasteiger partial charge on any atom is -0.379 e. The number of benzene rings is 2. The van der Waals surface area contributed by atoms with Crippen molar-refractivity contribution in [1.82, 2.24) is 14.3 Å². The van der Waals surface area contributed by atoms with Crippen molar-refractivity contribution >= 4 is 54.2 Å². The van der Waals surface area contributed by atoms with Gasteiger partial charge in [0.2, 0.25) is 10.0 Å². The van der Waals surface area contributed by atoms with Crippen LogP contribution in [-0.4, -0.2) is 54.9 Å². The third-order valence-corrected chi connectivity index (χ3v) is 8.85. The molecule has 0 saturated carbocycles. The largest absolute Gasteiger partial charge is 0.379 e. The number of pyridine rings is 1. The van der Waals surface area contributed by atoms with Gasteiger partial charge in [0.15, 0.2) is 5.13 Å². The quantitative estimate of drug-likeness (QED) is 0.372. The van der Waals surface area contributed by atoms with Crippen molar-refractivity contribution in [3.63, 3.8) is 0 Å². The van der Waals surface area contributed by atoms with Crippen molar-refractivity contribution in [3.8, 4) is 0 Å². The molecule has 180 valence electrons. The van der Waals surface area contributed by atoms with Gasteiger partial charge in [0.05, 0.1) is 40.1 Å². The topological polar surface area (TPSA) is 92.7 Å². The average molecular weight is 529 g/mol. The first-order valence-electron chi connectivity index (χ1n) is 10.9. The van der Waals surface area contributed by atoms with Gasteiger partial charge >= 0.3 is 0 Å². The summed E-state index contributed by atoms with van der Waals surface area (Å²) in [6, 6.07) is 17.0. The molecule has 8 nitrogen and oxygen atoms in total. The molecule has 1 amide bonds. The van der Waals surface area contributed by atoms with E-state index in [1.807, 2.05) is 24.3 Å². The summed E-state index contributed by atoms with van der Waals surface area (Å²) in [5.41, 5.74) is 1.66. The summed E-state index contributed by atoms with van der Waals surface area (Å²) < 4.78 is 33.4. The number of fused-ring (bicyclic) bond motifs is 1. The van der Waals surface area contributed by atoms with E-state index in [9.17, 15) is 13.2 Å². The van der Waals surface area contributed by atoms with E-state index in [1.54, 1.807) is 18.3 Å². The number of thiazole rings is 1. The molecular formula is C24H21ClN4O4S2. The normalized spacial score (nSPS) is 14.8. The molecule has 1 saturated heterocycles. The van der Waals surface area contributed by atoms with Crippen LogP contribution in [0.25, 0.3) is 10.2 Å². The standard InChI is InChI=1S/C24H21ClN4O4S2/c25-20-5-3-6-21-22(20)27-24(34-21)29(16-18-4-1-2-11-26-18)23(30)17-7-9-19(10-8-17)35(31,32)28-12-14-33-15-13-28/h1-11H,12-16H2. The molecular weight excluding hydrogens is 508 g/mol. The second-order valence-electron chi connectivity index (χ2n) is 7.84. The van der Waals surface area contributed by atoms with E-state index in [0.717, 1.165) is 4.70 Å². The number of hydrogen-bond donors (Lipinski definition) is 0. The minimum absolute atomic E-state index is 0.138. The highest BCUT2D eigenvalue weighted by Crippen LogP contribution is 2.34. The Morgan fingerprint density at radius 3 is 2.51 bits per heavy atom.